The second-order valence-corrected chi connectivity index (χ2v) is 4.69. The standard InChI is InChI=1S/C12H21N3O2/c1-8(2)10(6-16)5-13-12(17)11-9(3)14-7-15(11)4/h7-8,10,16H,5-6H2,1-4H3,(H,13,17). The van der Waals surface area contributed by atoms with Gasteiger partial charge < -0.3 is 15.0 Å². The van der Waals surface area contributed by atoms with Crippen molar-refractivity contribution in [2.75, 3.05) is 13.2 Å². The molecule has 96 valence electrons. The van der Waals surface area contributed by atoms with Crippen LogP contribution in [0.2, 0.25) is 0 Å². The van der Waals surface area contributed by atoms with E-state index in [0.29, 0.717) is 18.2 Å². The van der Waals surface area contributed by atoms with E-state index in [4.69, 9.17) is 0 Å². The molecule has 0 aliphatic heterocycles. The third kappa shape index (κ3) is 3.30. The number of rotatable bonds is 5. The lowest BCUT2D eigenvalue weighted by Gasteiger charge is -2.18. The summed E-state index contributed by atoms with van der Waals surface area (Å²) in [6, 6.07) is 0. The zero-order valence-electron chi connectivity index (χ0n) is 10.9. The van der Waals surface area contributed by atoms with Crippen LogP contribution in [0, 0.1) is 18.8 Å². The number of hydrogen-bond acceptors (Lipinski definition) is 3. The van der Waals surface area contributed by atoms with Gasteiger partial charge in [0.05, 0.1) is 12.0 Å². The third-order valence-electron chi connectivity index (χ3n) is 3.04. The van der Waals surface area contributed by atoms with Gasteiger partial charge in [0.25, 0.3) is 5.91 Å². The molecule has 1 amide bonds. The molecule has 1 aromatic heterocycles. The van der Waals surface area contributed by atoms with E-state index in [1.807, 2.05) is 13.8 Å². The average Bonchev–Trinajstić information content (AvgIpc) is 2.58. The van der Waals surface area contributed by atoms with E-state index in [0.717, 1.165) is 5.69 Å². The van der Waals surface area contributed by atoms with Crippen molar-refractivity contribution in [2.45, 2.75) is 20.8 Å². The summed E-state index contributed by atoms with van der Waals surface area (Å²) in [5.74, 6) is 0.294. The zero-order valence-corrected chi connectivity index (χ0v) is 10.9. The van der Waals surface area contributed by atoms with Gasteiger partial charge in [-0.3, -0.25) is 4.79 Å². The van der Waals surface area contributed by atoms with Gasteiger partial charge in [-0.15, -0.1) is 0 Å². The summed E-state index contributed by atoms with van der Waals surface area (Å²) in [6.45, 7) is 6.44. The minimum Gasteiger partial charge on any atom is -0.396 e. The van der Waals surface area contributed by atoms with Crippen molar-refractivity contribution in [1.29, 1.82) is 0 Å². The van der Waals surface area contributed by atoms with Gasteiger partial charge in [0.15, 0.2) is 0 Å². The summed E-state index contributed by atoms with van der Waals surface area (Å²) in [4.78, 5) is 16.0. The number of imidazole rings is 1. The van der Waals surface area contributed by atoms with Crippen molar-refractivity contribution >= 4 is 5.91 Å². The topological polar surface area (TPSA) is 67.2 Å². The van der Waals surface area contributed by atoms with Crippen LogP contribution in [-0.2, 0) is 7.05 Å². The minimum atomic E-state index is -0.137. The summed E-state index contributed by atoms with van der Waals surface area (Å²) >= 11 is 0. The summed E-state index contributed by atoms with van der Waals surface area (Å²) in [6.07, 6.45) is 1.62. The van der Waals surface area contributed by atoms with E-state index in [2.05, 4.69) is 10.3 Å². The van der Waals surface area contributed by atoms with Gasteiger partial charge in [-0.1, -0.05) is 13.8 Å². The summed E-state index contributed by atoms with van der Waals surface area (Å²) in [5.41, 5.74) is 1.29. The molecule has 0 aliphatic rings. The first kappa shape index (κ1) is 13.7. The number of nitrogens with zero attached hydrogens (tertiary/aromatic N) is 2. The molecule has 1 heterocycles. The van der Waals surface area contributed by atoms with Gasteiger partial charge in [-0.05, 0) is 12.8 Å². The maximum atomic E-state index is 11.9. The lowest BCUT2D eigenvalue weighted by Crippen LogP contribution is -2.34. The number of hydrogen-bond donors (Lipinski definition) is 2. The molecule has 2 N–H and O–H groups in total. The van der Waals surface area contributed by atoms with E-state index < -0.39 is 0 Å². The predicted molar refractivity (Wildman–Crippen MR) is 65.7 cm³/mol. The molecule has 0 saturated carbocycles. The molecule has 1 rings (SSSR count). The Hall–Kier alpha value is -1.36. The van der Waals surface area contributed by atoms with Crippen LogP contribution in [0.3, 0.4) is 0 Å². The van der Waals surface area contributed by atoms with Crippen molar-refractivity contribution in [3.63, 3.8) is 0 Å². The lowest BCUT2D eigenvalue weighted by atomic mass is 9.97. The molecule has 0 fully saturated rings. The van der Waals surface area contributed by atoms with E-state index >= 15 is 0 Å². The van der Waals surface area contributed by atoms with Crippen LogP contribution in [0.25, 0.3) is 0 Å². The van der Waals surface area contributed by atoms with Gasteiger partial charge >= 0.3 is 0 Å². The highest BCUT2D eigenvalue weighted by atomic mass is 16.3. The second kappa shape index (κ2) is 5.82. The Morgan fingerprint density at radius 2 is 2.24 bits per heavy atom. The monoisotopic (exact) mass is 239 g/mol. The van der Waals surface area contributed by atoms with Crippen LogP contribution in [0.5, 0.6) is 0 Å². The Morgan fingerprint density at radius 3 is 2.65 bits per heavy atom. The molecular formula is C12H21N3O2. The highest BCUT2D eigenvalue weighted by molar-refractivity contribution is 5.93. The highest BCUT2D eigenvalue weighted by Crippen LogP contribution is 2.09. The maximum Gasteiger partial charge on any atom is 0.269 e. The van der Waals surface area contributed by atoms with Crippen LogP contribution in [0.15, 0.2) is 6.33 Å². The molecular weight excluding hydrogens is 218 g/mol. The Bertz CT molecular complexity index is 366. The highest BCUT2D eigenvalue weighted by Gasteiger charge is 2.17. The van der Waals surface area contributed by atoms with Crippen LogP contribution >= 0.6 is 0 Å². The third-order valence-corrected chi connectivity index (χ3v) is 3.04. The van der Waals surface area contributed by atoms with Gasteiger partial charge in [-0.2, -0.15) is 0 Å². The first-order valence-electron chi connectivity index (χ1n) is 5.84. The molecule has 17 heavy (non-hydrogen) atoms. The average molecular weight is 239 g/mol. The van der Waals surface area contributed by atoms with Crippen LogP contribution in [0.4, 0.5) is 0 Å². The molecule has 0 saturated heterocycles. The largest absolute Gasteiger partial charge is 0.396 e. The Balaban J connectivity index is 2.62. The predicted octanol–water partition coefficient (Wildman–Crippen LogP) is 0.723. The lowest BCUT2D eigenvalue weighted by molar-refractivity contribution is 0.0922. The van der Waals surface area contributed by atoms with Crippen molar-refractivity contribution < 1.29 is 9.90 Å². The Kier molecular flexibility index (Phi) is 4.69. The number of amides is 1. The number of aliphatic hydroxyl groups is 1. The summed E-state index contributed by atoms with van der Waals surface area (Å²) in [5, 5.41) is 12.0. The fourth-order valence-electron chi connectivity index (χ4n) is 1.69. The fraction of sp³-hybridized carbons (Fsp3) is 0.667. The van der Waals surface area contributed by atoms with Gasteiger partial charge in [-0.25, -0.2) is 4.98 Å². The smallest absolute Gasteiger partial charge is 0.269 e. The normalized spacial score (nSPS) is 12.8. The number of carbonyl (C=O) groups is 1. The molecule has 1 aromatic rings. The van der Waals surface area contributed by atoms with E-state index in [1.54, 1.807) is 24.9 Å². The van der Waals surface area contributed by atoms with Crippen molar-refractivity contribution in [3.8, 4) is 0 Å². The Labute approximate surface area is 102 Å². The number of carbonyl (C=O) groups excluding carboxylic acids is 1. The molecule has 0 bridgehead atoms. The number of nitrogens with one attached hydrogen (secondary N) is 1. The van der Waals surface area contributed by atoms with E-state index in [1.165, 1.54) is 0 Å². The molecule has 0 aromatic carbocycles. The van der Waals surface area contributed by atoms with Crippen LogP contribution in [-0.4, -0.2) is 33.7 Å². The number of aromatic nitrogens is 2. The van der Waals surface area contributed by atoms with Gasteiger partial charge in [0, 0.05) is 26.1 Å². The minimum absolute atomic E-state index is 0.0856. The summed E-state index contributed by atoms with van der Waals surface area (Å²) in [7, 11) is 1.79. The van der Waals surface area contributed by atoms with E-state index in [9.17, 15) is 9.90 Å². The molecule has 1 atom stereocenters. The molecule has 0 radical (unpaired) electrons. The number of aryl methyl sites for hydroxylation is 2. The van der Waals surface area contributed by atoms with Gasteiger partial charge in [0.1, 0.15) is 5.69 Å². The quantitative estimate of drug-likeness (QED) is 0.795. The Morgan fingerprint density at radius 1 is 1.59 bits per heavy atom. The molecule has 5 nitrogen and oxygen atoms in total. The van der Waals surface area contributed by atoms with Crippen molar-refractivity contribution in [1.82, 2.24) is 14.9 Å². The van der Waals surface area contributed by atoms with Crippen LogP contribution in [0.1, 0.15) is 30.0 Å². The number of aliphatic hydroxyl groups excluding tert-OH is 1. The van der Waals surface area contributed by atoms with Crippen molar-refractivity contribution in [3.05, 3.63) is 17.7 Å². The van der Waals surface area contributed by atoms with Crippen molar-refractivity contribution in [2.24, 2.45) is 18.9 Å². The first-order chi connectivity index (χ1) is 7.97. The molecule has 1 unspecified atom stereocenters. The van der Waals surface area contributed by atoms with E-state index in [-0.39, 0.29) is 18.4 Å². The van der Waals surface area contributed by atoms with Crippen LogP contribution < -0.4 is 5.32 Å². The zero-order chi connectivity index (χ0) is 13.0. The fourth-order valence-corrected chi connectivity index (χ4v) is 1.69. The van der Waals surface area contributed by atoms with Gasteiger partial charge in [0.2, 0.25) is 0 Å². The summed E-state index contributed by atoms with van der Waals surface area (Å²) < 4.78 is 1.70. The first-order valence-corrected chi connectivity index (χ1v) is 5.84. The second-order valence-electron chi connectivity index (χ2n) is 4.69. The maximum absolute atomic E-state index is 11.9. The molecule has 5 heteroatoms. The molecule has 0 aliphatic carbocycles. The molecule has 0 spiro atoms. The SMILES string of the molecule is Cc1ncn(C)c1C(=O)NCC(CO)C(C)C.